The van der Waals surface area contributed by atoms with Crippen LogP contribution < -0.4 is 10.6 Å². The number of aromatic nitrogens is 1. The zero-order chi connectivity index (χ0) is 20.1. The molecule has 168 valence electrons. The summed E-state index contributed by atoms with van der Waals surface area (Å²) in [6.07, 6.45) is 2.47. The molecule has 6 nitrogen and oxygen atoms in total. The lowest BCUT2D eigenvalue weighted by Gasteiger charge is -2.33. The van der Waals surface area contributed by atoms with Crippen LogP contribution in [-0.4, -0.2) is 48.5 Å². The molecule has 0 spiro atoms. The van der Waals surface area contributed by atoms with E-state index < -0.39 is 0 Å². The van der Waals surface area contributed by atoms with Gasteiger partial charge in [-0.2, -0.15) is 4.98 Å². The molecule has 3 aromatic rings. The smallest absolute Gasteiger partial charge is 0.298 e. The van der Waals surface area contributed by atoms with Gasteiger partial charge < -0.3 is 20.0 Å². The highest BCUT2D eigenvalue weighted by Crippen LogP contribution is 2.27. The third kappa shape index (κ3) is 6.12. The number of piperidine rings is 1. The Kier molecular flexibility index (Phi) is 9.62. The molecular weight excluding hydrogens is 435 g/mol. The second-order valence-electron chi connectivity index (χ2n) is 7.58. The Bertz CT molecular complexity index is 910. The van der Waals surface area contributed by atoms with Crippen molar-refractivity contribution in [2.45, 2.75) is 19.3 Å². The second kappa shape index (κ2) is 11.9. The van der Waals surface area contributed by atoms with E-state index in [1.165, 1.54) is 5.56 Å². The lowest BCUT2D eigenvalue weighted by molar-refractivity contribution is -0.136. The van der Waals surface area contributed by atoms with Crippen molar-refractivity contribution in [1.82, 2.24) is 9.88 Å². The maximum absolute atomic E-state index is 13.1. The average molecular weight is 465 g/mol. The Balaban J connectivity index is 0.00000171. The van der Waals surface area contributed by atoms with Gasteiger partial charge in [0.1, 0.15) is 5.52 Å². The molecule has 1 aliphatic rings. The standard InChI is InChI=1S/C23H28N4O2.2ClH/c24-13-17-26(14-10-18-6-2-1-3-7-18)22(28)19-11-15-27(16-12-19)23-25-20-8-4-5-9-21(20)29-23;;/h1-9,19H,10-17,24H2;2*1H. The molecule has 0 saturated carbocycles. The number of hydrogen-bond donors (Lipinski definition) is 1. The van der Waals surface area contributed by atoms with Crippen LogP contribution in [0.2, 0.25) is 0 Å². The summed E-state index contributed by atoms with van der Waals surface area (Å²) in [6, 6.07) is 18.7. The van der Waals surface area contributed by atoms with Gasteiger partial charge in [-0.3, -0.25) is 4.79 Å². The van der Waals surface area contributed by atoms with Crippen LogP contribution in [0.25, 0.3) is 11.1 Å². The maximum atomic E-state index is 13.1. The second-order valence-corrected chi connectivity index (χ2v) is 7.58. The summed E-state index contributed by atoms with van der Waals surface area (Å²) in [4.78, 5) is 21.8. The van der Waals surface area contributed by atoms with E-state index in [4.69, 9.17) is 10.2 Å². The number of rotatable bonds is 7. The van der Waals surface area contributed by atoms with Crippen LogP contribution in [0, 0.1) is 5.92 Å². The fraction of sp³-hybridized carbons (Fsp3) is 0.391. The number of amides is 1. The van der Waals surface area contributed by atoms with E-state index in [9.17, 15) is 4.79 Å². The fourth-order valence-electron chi connectivity index (χ4n) is 3.97. The molecular formula is C23H30Cl2N4O2. The SMILES string of the molecule is Cl.Cl.NCCN(CCc1ccccc1)C(=O)C1CCN(c2nc3ccccc3o2)CC1. The molecule has 0 unspecified atom stereocenters. The highest BCUT2D eigenvalue weighted by molar-refractivity contribution is 5.85. The van der Waals surface area contributed by atoms with Crippen LogP contribution >= 0.6 is 24.8 Å². The van der Waals surface area contributed by atoms with Gasteiger partial charge >= 0.3 is 0 Å². The molecule has 0 atom stereocenters. The number of halogens is 2. The Morgan fingerprint density at radius 1 is 1.03 bits per heavy atom. The molecule has 1 aliphatic heterocycles. The van der Waals surface area contributed by atoms with Crippen molar-refractivity contribution < 1.29 is 9.21 Å². The van der Waals surface area contributed by atoms with Gasteiger partial charge in [0.25, 0.3) is 6.01 Å². The van der Waals surface area contributed by atoms with E-state index >= 15 is 0 Å². The molecule has 1 saturated heterocycles. The number of carbonyl (C=O) groups is 1. The van der Waals surface area contributed by atoms with Crippen molar-refractivity contribution in [3.05, 3.63) is 60.2 Å². The van der Waals surface area contributed by atoms with Crippen LogP contribution in [-0.2, 0) is 11.2 Å². The number of oxazole rings is 1. The number of para-hydroxylation sites is 2. The first-order valence-corrected chi connectivity index (χ1v) is 10.4. The predicted molar refractivity (Wildman–Crippen MR) is 129 cm³/mol. The average Bonchev–Trinajstić information content (AvgIpc) is 3.21. The van der Waals surface area contributed by atoms with Gasteiger partial charge in [0, 0.05) is 38.6 Å². The Labute approximate surface area is 195 Å². The number of carbonyl (C=O) groups excluding carboxylic acids is 1. The molecule has 1 aromatic heterocycles. The van der Waals surface area contributed by atoms with Crippen LogP contribution in [0.1, 0.15) is 18.4 Å². The molecule has 2 heterocycles. The van der Waals surface area contributed by atoms with Gasteiger partial charge in [-0.05, 0) is 37.0 Å². The minimum atomic E-state index is 0. The molecule has 2 N–H and O–H groups in total. The summed E-state index contributed by atoms with van der Waals surface area (Å²) in [5.41, 5.74) is 8.69. The topological polar surface area (TPSA) is 75.6 Å². The lowest BCUT2D eigenvalue weighted by atomic mass is 9.95. The highest BCUT2D eigenvalue weighted by atomic mass is 35.5. The minimum Gasteiger partial charge on any atom is -0.423 e. The van der Waals surface area contributed by atoms with Crippen LogP contribution in [0.5, 0.6) is 0 Å². The summed E-state index contributed by atoms with van der Waals surface area (Å²) < 4.78 is 5.88. The Morgan fingerprint density at radius 2 is 1.71 bits per heavy atom. The van der Waals surface area contributed by atoms with Crippen LogP contribution in [0.4, 0.5) is 6.01 Å². The number of fused-ring (bicyclic) bond motifs is 1. The van der Waals surface area contributed by atoms with Crippen LogP contribution in [0.3, 0.4) is 0 Å². The summed E-state index contributed by atoms with van der Waals surface area (Å²) in [7, 11) is 0. The van der Waals surface area contributed by atoms with E-state index in [2.05, 4.69) is 22.0 Å². The quantitative estimate of drug-likeness (QED) is 0.573. The summed E-state index contributed by atoms with van der Waals surface area (Å²) in [6.45, 7) is 3.36. The molecule has 8 heteroatoms. The zero-order valence-electron chi connectivity index (χ0n) is 17.5. The van der Waals surface area contributed by atoms with E-state index in [-0.39, 0.29) is 36.6 Å². The first-order chi connectivity index (χ1) is 14.2. The first kappa shape index (κ1) is 25.0. The molecule has 1 fully saturated rings. The Morgan fingerprint density at radius 3 is 2.39 bits per heavy atom. The van der Waals surface area contributed by atoms with Crippen molar-refractivity contribution >= 4 is 47.8 Å². The number of nitrogens with zero attached hydrogens (tertiary/aromatic N) is 3. The zero-order valence-corrected chi connectivity index (χ0v) is 19.1. The van der Waals surface area contributed by atoms with E-state index in [0.717, 1.165) is 43.5 Å². The van der Waals surface area contributed by atoms with Gasteiger partial charge in [0.05, 0.1) is 0 Å². The van der Waals surface area contributed by atoms with Gasteiger partial charge in [-0.25, -0.2) is 0 Å². The van der Waals surface area contributed by atoms with Gasteiger partial charge in [0.15, 0.2) is 5.58 Å². The van der Waals surface area contributed by atoms with Gasteiger partial charge in [0.2, 0.25) is 5.91 Å². The monoisotopic (exact) mass is 464 g/mol. The van der Waals surface area contributed by atoms with E-state index in [0.29, 0.717) is 25.6 Å². The summed E-state index contributed by atoms with van der Waals surface area (Å²) in [5.74, 6) is 0.265. The predicted octanol–water partition coefficient (Wildman–Crippen LogP) is 3.92. The summed E-state index contributed by atoms with van der Waals surface area (Å²) in [5, 5.41) is 0. The molecule has 1 amide bonds. The van der Waals surface area contributed by atoms with Gasteiger partial charge in [-0.15, -0.1) is 24.8 Å². The summed E-state index contributed by atoms with van der Waals surface area (Å²) >= 11 is 0. The van der Waals surface area contributed by atoms with Gasteiger partial charge in [-0.1, -0.05) is 42.5 Å². The van der Waals surface area contributed by atoms with Crippen molar-refractivity contribution in [3.63, 3.8) is 0 Å². The van der Waals surface area contributed by atoms with E-state index in [1.54, 1.807) is 0 Å². The van der Waals surface area contributed by atoms with E-state index in [1.807, 2.05) is 47.4 Å². The number of nitrogens with two attached hydrogens (primary N) is 1. The molecule has 4 rings (SSSR count). The minimum absolute atomic E-state index is 0. The highest BCUT2D eigenvalue weighted by Gasteiger charge is 2.29. The number of anilines is 1. The number of benzene rings is 2. The lowest BCUT2D eigenvalue weighted by Crippen LogP contribution is -2.45. The molecule has 2 aromatic carbocycles. The van der Waals surface area contributed by atoms with Crippen molar-refractivity contribution in [3.8, 4) is 0 Å². The Hall–Kier alpha value is -2.28. The largest absolute Gasteiger partial charge is 0.423 e. The van der Waals surface area contributed by atoms with Crippen molar-refractivity contribution in [2.75, 3.05) is 37.6 Å². The molecule has 0 radical (unpaired) electrons. The molecule has 0 bridgehead atoms. The molecule has 31 heavy (non-hydrogen) atoms. The number of hydrogen-bond acceptors (Lipinski definition) is 5. The normalized spacial score (nSPS) is 14.0. The molecule has 0 aliphatic carbocycles. The third-order valence-electron chi connectivity index (χ3n) is 5.62. The first-order valence-electron chi connectivity index (χ1n) is 10.4. The van der Waals surface area contributed by atoms with Crippen molar-refractivity contribution in [2.24, 2.45) is 11.7 Å². The van der Waals surface area contributed by atoms with Crippen molar-refractivity contribution in [1.29, 1.82) is 0 Å². The fourth-order valence-corrected chi connectivity index (χ4v) is 3.97. The maximum Gasteiger partial charge on any atom is 0.298 e. The van der Waals surface area contributed by atoms with Crippen LogP contribution in [0.15, 0.2) is 59.0 Å². The third-order valence-corrected chi connectivity index (χ3v) is 5.62.